The normalized spacial score (nSPS) is 18.0. The number of carbonyl (C=O) groups excluding carboxylic acids is 3. The molecular formula is C35H32N4O6S. The number of hydrogen-bond donors (Lipinski definition) is 1. The molecular weight excluding hydrogens is 604 g/mol. The van der Waals surface area contributed by atoms with E-state index in [2.05, 4.69) is 41.7 Å². The number of imide groups is 1. The highest BCUT2D eigenvalue weighted by molar-refractivity contribution is 8.01. The molecule has 0 spiro atoms. The lowest BCUT2D eigenvalue weighted by Crippen LogP contribution is -2.45. The lowest BCUT2D eigenvalue weighted by molar-refractivity contribution is -0.384. The van der Waals surface area contributed by atoms with E-state index in [0.29, 0.717) is 18.5 Å². The van der Waals surface area contributed by atoms with E-state index in [1.807, 2.05) is 54.6 Å². The second kappa shape index (κ2) is 13.5. The number of thioether (sulfide) groups is 1. The monoisotopic (exact) mass is 636 g/mol. The van der Waals surface area contributed by atoms with Gasteiger partial charge in [0.05, 0.1) is 28.8 Å². The number of urea groups is 1. The number of benzene rings is 4. The number of rotatable bonds is 10. The van der Waals surface area contributed by atoms with Crippen molar-refractivity contribution in [3.63, 3.8) is 0 Å². The van der Waals surface area contributed by atoms with Crippen molar-refractivity contribution in [2.24, 2.45) is 0 Å². The van der Waals surface area contributed by atoms with E-state index in [0.717, 1.165) is 21.6 Å². The lowest BCUT2D eigenvalue weighted by atomic mass is 9.84. The van der Waals surface area contributed by atoms with Gasteiger partial charge in [0.25, 0.3) is 5.69 Å². The number of nitro benzene ring substituents is 1. The van der Waals surface area contributed by atoms with Crippen molar-refractivity contribution in [3.8, 4) is 0 Å². The van der Waals surface area contributed by atoms with E-state index in [1.165, 1.54) is 12.1 Å². The minimum absolute atomic E-state index is 0.0450. The summed E-state index contributed by atoms with van der Waals surface area (Å²) in [5.41, 5.74) is 3.81. The van der Waals surface area contributed by atoms with Crippen LogP contribution in [0.1, 0.15) is 28.7 Å². The molecule has 2 heterocycles. The zero-order valence-corrected chi connectivity index (χ0v) is 25.7. The summed E-state index contributed by atoms with van der Waals surface area (Å²) < 4.78 is 5.07. The van der Waals surface area contributed by atoms with Crippen LogP contribution in [0.25, 0.3) is 0 Å². The van der Waals surface area contributed by atoms with Gasteiger partial charge < -0.3 is 15.0 Å². The fourth-order valence-corrected chi connectivity index (χ4v) is 7.99. The Morgan fingerprint density at radius 1 is 0.870 bits per heavy atom. The average Bonchev–Trinajstić information content (AvgIpc) is 3.65. The summed E-state index contributed by atoms with van der Waals surface area (Å²) in [6, 6.07) is 35.6. The van der Waals surface area contributed by atoms with Crippen molar-refractivity contribution in [2.45, 2.75) is 29.1 Å². The van der Waals surface area contributed by atoms with Crippen LogP contribution < -0.4 is 5.32 Å². The molecule has 0 bridgehead atoms. The van der Waals surface area contributed by atoms with Gasteiger partial charge in [0.2, 0.25) is 5.91 Å². The van der Waals surface area contributed by atoms with Gasteiger partial charge in [-0.1, -0.05) is 91.0 Å². The summed E-state index contributed by atoms with van der Waals surface area (Å²) in [5.74, 6) is -0.340. The molecule has 2 atom stereocenters. The van der Waals surface area contributed by atoms with Gasteiger partial charge in [0.1, 0.15) is 6.61 Å². The first-order chi connectivity index (χ1) is 22.3. The van der Waals surface area contributed by atoms with Crippen molar-refractivity contribution < 1.29 is 24.0 Å². The van der Waals surface area contributed by atoms with Crippen LogP contribution in [0.4, 0.5) is 15.3 Å². The van der Waals surface area contributed by atoms with Crippen molar-refractivity contribution in [3.05, 3.63) is 148 Å². The van der Waals surface area contributed by atoms with Crippen LogP contribution >= 0.6 is 11.8 Å². The number of nitro groups is 1. The van der Waals surface area contributed by atoms with Gasteiger partial charge in [-0.25, -0.2) is 9.59 Å². The maximum Gasteiger partial charge on any atom is 0.410 e. The number of nitrogens with one attached hydrogen (secondary N) is 1. The summed E-state index contributed by atoms with van der Waals surface area (Å²) in [5, 5.41) is 13.5. The van der Waals surface area contributed by atoms with Gasteiger partial charge in [-0.05, 0) is 40.8 Å². The lowest BCUT2D eigenvalue weighted by Gasteiger charge is -2.37. The predicted molar refractivity (Wildman–Crippen MR) is 174 cm³/mol. The molecule has 2 aliphatic heterocycles. The topological polar surface area (TPSA) is 122 Å². The molecule has 46 heavy (non-hydrogen) atoms. The van der Waals surface area contributed by atoms with E-state index in [4.69, 9.17) is 4.74 Å². The zero-order chi connectivity index (χ0) is 32.1. The highest BCUT2D eigenvalue weighted by Crippen LogP contribution is 2.52. The molecule has 1 N–H and O–H groups in total. The molecule has 2 fully saturated rings. The van der Waals surface area contributed by atoms with E-state index < -0.39 is 27.8 Å². The largest absolute Gasteiger partial charge is 0.445 e. The highest BCUT2D eigenvalue weighted by atomic mass is 32.2. The standard InChI is InChI=1S/C35H32N4O6S/c40-32-21-36-33(41)38(32)22-30-20-31(23-37(30)34(42)45-24-25-16-18-29(19-17-25)39(43)44)46-35(26-10-4-1-5-11-26,27-12-6-2-7-13-27)28-14-8-3-9-15-28/h1-19,30-31H,20-24H2,(H,36,41)/t30-,31-/m0/s1. The van der Waals surface area contributed by atoms with Crippen LogP contribution in [0.2, 0.25) is 0 Å². The summed E-state index contributed by atoms with van der Waals surface area (Å²) in [7, 11) is 0. The Hall–Kier alpha value is -5.16. The van der Waals surface area contributed by atoms with Crippen molar-refractivity contribution in [1.29, 1.82) is 0 Å². The molecule has 4 aromatic carbocycles. The zero-order valence-electron chi connectivity index (χ0n) is 24.9. The number of likely N-dealkylation sites (tertiary alicyclic amines) is 1. The third kappa shape index (κ3) is 6.32. The van der Waals surface area contributed by atoms with E-state index in [9.17, 15) is 24.5 Å². The Kier molecular flexibility index (Phi) is 9.02. The second-order valence-corrected chi connectivity index (χ2v) is 12.7. The van der Waals surface area contributed by atoms with Crippen LogP contribution in [0, 0.1) is 10.1 Å². The van der Waals surface area contributed by atoms with Crippen LogP contribution in [0.3, 0.4) is 0 Å². The quantitative estimate of drug-likeness (QED) is 0.0988. The number of hydrogen-bond acceptors (Lipinski definition) is 7. The number of carbonyl (C=O) groups is 3. The first-order valence-electron chi connectivity index (χ1n) is 14.9. The van der Waals surface area contributed by atoms with Crippen molar-refractivity contribution in [1.82, 2.24) is 15.1 Å². The molecule has 2 aliphatic rings. The van der Waals surface area contributed by atoms with E-state index in [1.54, 1.807) is 28.8 Å². The Balaban J connectivity index is 1.32. The van der Waals surface area contributed by atoms with Crippen LogP contribution in [-0.4, -0.2) is 63.7 Å². The molecule has 4 aromatic rings. The molecule has 0 unspecified atom stereocenters. The highest BCUT2D eigenvalue weighted by Gasteiger charge is 2.46. The maximum absolute atomic E-state index is 13.6. The maximum atomic E-state index is 13.6. The van der Waals surface area contributed by atoms with Gasteiger partial charge in [0.15, 0.2) is 0 Å². The number of ether oxygens (including phenoxy) is 1. The van der Waals surface area contributed by atoms with Crippen LogP contribution in [-0.2, 0) is 20.9 Å². The summed E-state index contributed by atoms with van der Waals surface area (Å²) >= 11 is 1.74. The van der Waals surface area contributed by atoms with Gasteiger partial charge >= 0.3 is 12.1 Å². The Morgan fingerprint density at radius 2 is 1.41 bits per heavy atom. The first kappa shape index (κ1) is 30.8. The fourth-order valence-electron chi connectivity index (χ4n) is 6.12. The van der Waals surface area contributed by atoms with Crippen LogP contribution in [0.5, 0.6) is 0 Å². The molecule has 0 aliphatic carbocycles. The Morgan fingerprint density at radius 3 is 1.89 bits per heavy atom. The predicted octanol–water partition coefficient (Wildman–Crippen LogP) is 5.95. The second-order valence-electron chi connectivity index (χ2n) is 11.2. The molecule has 234 valence electrons. The third-order valence-corrected chi connectivity index (χ3v) is 10.1. The molecule has 10 nitrogen and oxygen atoms in total. The first-order valence-corrected chi connectivity index (χ1v) is 15.8. The van der Waals surface area contributed by atoms with Gasteiger partial charge in [-0.3, -0.25) is 19.8 Å². The van der Waals surface area contributed by atoms with Crippen LogP contribution in [0.15, 0.2) is 115 Å². The summed E-state index contributed by atoms with van der Waals surface area (Å²) in [6.45, 7) is 0.214. The summed E-state index contributed by atoms with van der Waals surface area (Å²) in [4.78, 5) is 52.0. The fraction of sp³-hybridized carbons (Fsp3) is 0.229. The SMILES string of the molecule is O=C1CNC(=O)N1C[C@@H]1C[C@H](SC(c2ccccc2)(c2ccccc2)c2ccccc2)CN1C(=O)OCc1ccc([N+](=O)[O-])cc1. The average molecular weight is 637 g/mol. The molecule has 0 radical (unpaired) electrons. The number of non-ortho nitro benzene ring substituents is 1. The number of amides is 4. The third-order valence-electron chi connectivity index (χ3n) is 8.33. The van der Waals surface area contributed by atoms with E-state index in [-0.39, 0.29) is 36.5 Å². The summed E-state index contributed by atoms with van der Waals surface area (Å²) in [6.07, 6.45) is -0.0639. The van der Waals surface area contributed by atoms with Gasteiger partial charge in [0, 0.05) is 23.9 Å². The Labute approximate surface area is 270 Å². The van der Waals surface area contributed by atoms with Crippen molar-refractivity contribution in [2.75, 3.05) is 19.6 Å². The minimum atomic E-state index is -0.626. The molecule has 4 amide bonds. The Bertz CT molecular complexity index is 1590. The van der Waals surface area contributed by atoms with Gasteiger partial charge in [-0.15, -0.1) is 11.8 Å². The molecule has 2 saturated heterocycles. The molecule has 0 aromatic heterocycles. The van der Waals surface area contributed by atoms with E-state index >= 15 is 0 Å². The van der Waals surface area contributed by atoms with Gasteiger partial charge in [-0.2, -0.15) is 0 Å². The molecule has 6 rings (SSSR count). The number of nitrogens with zero attached hydrogens (tertiary/aromatic N) is 3. The molecule has 11 heteroatoms. The van der Waals surface area contributed by atoms with Crippen molar-refractivity contribution >= 4 is 35.5 Å². The minimum Gasteiger partial charge on any atom is -0.445 e. The molecule has 0 saturated carbocycles. The smallest absolute Gasteiger partial charge is 0.410 e.